The third-order valence-corrected chi connectivity index (χ3v) is 5.31. The fourth-order valence-electron chi connectivity index (χ4n) is 3.89. The normalized spacial score (nSPS) is 24.4. The summed E-state index contributed by atoms with van der Waals surface area (Å²) in [7, 11) is 0. The fraction of sp³-hybridized carbons (Fsp3) is 0.526. The van der Waals surface area contributed by atoms with Crippen LogP contribution in [0.25, 0.3) is 0 Å². The molecule has 7 heteroatoms. The van der Waals surface area contributed by atoms with E-state index in [4.69, 9.17) is 9.26 Å². The number of carbonyl (C=O) groups excluding carboxylic acids is 1. The summed E-state index contributed by atoms with van der Waals surface area (Å²) in [6.45, 7) is 3.65. The molecule has 2 bridgehead atoms. The van der Waals surface area contributed by atoms with Gasteiger partial charge in [-0.1, -0.05) is 30.3 Å². The number of amides is 1. The molecule has 5 rings (SSSR count). The van der Waals surface area contributed by atoms with E-state index in [1.54, 1.807) is 0 Å². The molecule has 0 aliphatic carbocycles. The minimum absolute atomic E-state index is 0.185. The van der Waals surface area contributed by atoms with Gasteiger partial charge in [0, 0.05) is 6.54 Å². The lowest BCUT2D eigenvalue weighted by atomic mass is 9.79. The van der Waals surface area contributed by atoms with Crippen LogP contribution in [-0.4, -0.2) is 47.4 Å². The Labute approximate surface area is 152 Å². The number of fused-ring (bicyclic) bond motifs is 3. The quantitative estimate of drug-likeness (QED) is 0.801. The van der Waals surface area contributed by atoms with Crippen molar-refractivity contribution in [3.05, 3.63) is 41.8 Å². The number of ether oxygens (including phenoxy) is 1. The maximum absolute atomic E-state index is 11.9. The van der Waals surface area contributed by atoms with Crippen molar-refractivity contribution in [2.45, 2.75) is 31.6 Å². The Balaban J connectivity index is 1.22. The van der Waals surface area contributed by atoms with Crippen LogP contribution in [0.2, 0.25) is 0 Å². The number of rotatable bonds is 6. The number of nitrogens with one attached hydrogen (secondary N) is 1. The van der Waals surface area contributed by atoms with Gasteiger partial charge in [-0.2, -0.15) is 4.98 Å². The van der Waals surface area contributed by atoms with Gasteiger partial charge in [0.1, 0.15) is 0 Å². The highest BCUT2D eigenvalue weighted by atomic mass is 16.5. The molecule has 4 heterocycles. The van der Waals surface area contributed by atoms with Crippen LogP contribution in [0.4, 0.5) is 10.7 Å². The first-order valence-electron chi connectivity index (χ1n) is 9.31. The summed E-state index contributed by atoms with van der Waals surface area (Å²) in [5.74, 6) is 1.70. The second-order valence-corrected chi connectivity index (χ2v) is 7.05. The molecule has 2 aromatic rings. The lowest BCUT2D eigenvalue weighted by molar-refractivity contribution is 0.0727. The van der Waals surface area contributed by atoms with Crippen LogP contribution in [0, 0.1) is 5.92 Å². The topological polar surface area (TPSA) is 80.5 Å². The Morgan fingerprint density at radius 1 is 1.27 bits per heavy atom. The van der Waals surface area contributed by atoms with E-state index >= 15 is 0 Å². The number of piperidine rings is 3. The highest BCUT2D eigenvalue weighted by Crippen LogP contribution is 2.38. The van der Waals surface area contributed by atoms with Gasteiger partial charge in [-0.3, -0.25) is 5.32 Å². The highest BCUT2D eigenvalue weighted by molar-refractivity contribution is 5.82. The van der Waals surface area contributed by atoms with Crippen molar-refractivity contribution in [2.75, 3.05) is 31.6 Å². The number of nitrogens with zero attached hydrogens (tertiary/aromatic N) is 3. The van der Waals surface area contributed by atoms with Crippen molar-refractivity contribution < 1.29 is 14.1 Å². The van der Waals surface area contributed by atoms with E-state index in [0.29, 0.717) is 18.4 Å². The predicted octanol–water partition coefficient (Wildman–Crippen LogP) is 3.06. The summed E-state index contributed by atoms with van der Waals surface area (Å²) in [5.41, 5.74) is 1.23. The predicted molar refractivity (Wildman–Crippen MR) is 95.9 cm³/mol. The molecule has 1 atom stereocenters. The molecule has 1 aromatic carbocycles. The van der Waals surface area contributed by atoms with Crippen LogP contribution in [0.5, 0.6) is 0 Å². The molecule has 1 amide bonds. The van der Waals surface area contributed by atoms with Crippen molar-refractivity contribution in [2.24, 2.45) is 5.92 Å². The summed E-state index contributed by atoms with van der Waals surface area (Å²) in [5, 5.41) is 6.43. The number of benzene rings is 1. The Morgan fingerprint density at radius 3 is 2.81 bits per heavy atom. The first-order chi connectivity index (χ1) is 12.8. The van der Waals surface area contributed by atoms with Crippen molar-refractivity contribution >= 4 is 12.0 Å². The smallest absolute Gasteiger partial charge is 0.414 e. The molecule has 0 spiro atoms. The largest absolute Gasteiger partial charge is 0.449 e. The number of aromatic nitrogens is 2. The van der Waals surface area contributed by atoms with Gasteiger partial charge in [0.2, 0.25) is 5.89 Å². The average Bonchev–Trinajstić information content (AvgIpc) is 3.15. The Kier molecular flexibility index (Phi) is 5.15. The van der Waals surface area contributed by atoms with E-state index in [-0.39, 0.29) is 11.9 Å². The van der Waals surface area contributed by atoms with Crippen molar-refractivity contribution in [3.63, 3.8) is 0 Å². The molecule has 7 nitrogen and oxygen atoms in total. The lowest BCUT2D eigenvalue weighted by Crippen LogP contribution is -2.46. The molecular weight excluding hydrogens is 332 g/mol. The monoisotopic (exact) mass is 356 g/mol. The van der Waals surface area contributed by atoms with E-state index in [0.717, 1.165) is 32.5 Å². The molecule has 3 aliphatic rings. The Bertz CT molecular complexity index is 725. The molecule has 1 unspecified atom stereocenters. The zero-order valence-corrected chi connectivity index (χ0v) is 14.8. The number of hydrogen-bond donors (Lipinski definition) is 1. The van der Waals surface area contributed by atoms with Crippen LogP contribution in [0.3, 0.4) is 0 Å². The lowest BCUT2D eigenvalue weighted by Gasteiger charge is -2.43. The number of aryl methyl sites for hydroxylation is 1. The van der Waals surface area contributed by atoms with E-state index in [1.807, 2.05) is 18.2 Å². The molecule has 3 aliphatic heterocycles. The van der Waals surface area contributed by atoms with Crippen LogP contribution in [-0.2, 0) is 11.2 Å². The zero-order valence-electron chi connectivity index (χ0n) is 14.8. The first-order valence-corrected chi connectivity index (χ1v) is 9.31. The molecule has 0 radical (unpaired) electrons. The first kappa shape index (κ1) is 17.0. The molecule has 26 heavy (non-hydrogen) atoms. The summed E-state index contributed by atoms with van der Waals surface area (Å²) in [4.78, 5) is 18.7. The van der Waals surface area contributed by atoms with E-state index in [2.05, 4.69) is 32.5 Å². The van der Waals surface area contributed by atoms with Crippen LogP contribution in [0.1, 0.15) is 36.6 Å². The van der Waals surface area contributed by atoms with Crippen LogP contribution in [0.15, 0.2) is 34.9 Å². The van der Waals surface area contributed by atoms with Crippen molar-refractivity contribution in [3.8, 4) is 0 Å². The summed E-state index contributed by atoms with van der Waals surface area (Å²) in [6, 6.07) is 10.1. The van der Waals surface area contributed by atoms with E-state index in [9.17, 15) is 4.79 Å². The van der Waals surface area contributed by atoms with E-state index < -0.39 is 6.09 Å². The molecule has 1 N–H and O–H groups in total. The third-order valence-electron chi connectivity index (χ3n) is 5.31. The maximum Gasteiger partial charge on any atom is 0.414 e. The highest BCUT2D eigenvalue weighted by Gasteiger charge is 2.38. The summed E-state index contributed by atoms with van der Waals surface area (Å²) >= 11 is 0. The van der Waals surface area contributed by atoms with Gasteiger partial charge in [0.15, 0.2) is 0 Å². The zero-order chi connectivity index (χ0) is 17.8. The van der Waals surface area contributed by atoms with E-state index in [1.165, 1.54) is 18.4 Å². The van der Waals surface area contributed by atoms with Gasteiger partial charge < -0.3 is 14.2 Å². The van der Waals surface area contributed by atoms with Gasteiger partial charge in [-0.05, 0) is 55.4 Å². The Hall–Kier alpha value is -2.41. The fourth-order valence-corrected chi connectivity index (χ4v) is 3.89. The van der Waals surface area contributed by atoms with Crippen molar-refractivity contribution in [1.82, 2.24) is 15.0 Å². The number of anilines is 1. The summed E-state index contributed by atoms with van der Waals surface area (Å²) in [6.07, 6.45) is 3.46. The average molecular weight is 356 g/mol. The van der Waals surface area contributed by atoms with Gasteiger partial charge in [-0.15, -0.1) is 0 Å². The third kappa shape index (κ3) is 4.04. The standard InChI is InChI=1S/C19H24N4O3/c24-19(25-12-4-7-14-5-2-1-3-6-14)21-18-20-17(26-22-18)16-13-23-10-8-15(16)9-11-23/h1-3,5-6,15-16H,4,7-13H2,(H,21,22,24). The molecule has 3 saturated heterocycles. The molecule has 3 fully saturated rings. The number of carbonyl (C=O) groups is 1. The van der Waals surface area contributed by atoms with Gasteiger partial charge in [0.25, 0.3) is 5.95 Å². The van der Waals surface area contributed by atoms with Gasteiger partial charge in [-0.25, -0.2) is 4.79 Å². The minimum Gasteiger partial charge on any atom is -0.449 e. The molecule has 1 aromatic heterocycles. The van der Waals surface area contributed by atoms with Gasteiger partial charge >= 0.3 is 6.09 Å². The molecule has 138 valence electrons. The van der Waals surface area contributed by atoms with Crippen LogP contribution >= 0.6 is 0 Å². The second-order valence-electron chi connectivity index (χ2n) is 7.05. The summed E-state index contributed by atoms with van der Waals surface area (Å²) < 4.78 is 10.6. The second kappa shape index (κ2) is 7.86. The maximum atomic E-state index is 11.9. The molecular formula is C19H24N4O3. The SMILES string of the molecule is O=C(Nc1noc(C2CN3CCC2CC3)n1)OCCCc1ccccc1. The van der Waals surface area contributed by atoms with Crippen molar-refractivity contribution in [1.29, 1.82) is 0 Å². The molecule has 0 saturated carbocycles. The minimum atomic E-state index is -0.542. The van der Waals surface area contributed by atoms with Crippen LogP contribution < -0.4 is 5.32 Å². The van der Waals surface area contributed by atoms with Gasteiger partial charge in [0.05, 0.1) is 12.5 Å². The number of hydrogen-bond acceptors (Lipinski definition) is 6. The Morgan fingerprint density at radius 2 is 2.08 bits per heavy atom.